The molecule has 0 bridgehead atoms. The van der Waals surface area contributed by atoms with Gasteiger partial charge >= 0.3 is 6.18 Å². The van der Waals surface area contributed by atoms with Gasteiger partial charge in [0.1, 0.15) is 9.84 Å². The zero-order valence-electron chi connectivity index (χ0n) is 8.68. The van der Waals surface area contributed by atoms with Crippen LogP contribution in [0.25, 0.3) is 0 Å². The number of rotatable bonds is 3. The van der Waals surface area contributed by atoms with Gasteiger partial charge in [0.15, 0.2) is 0 Å². The third-order valence-electron chi connectivity index (χ3n) is 2.84. The summed E-state index contributed by atoms with van der Waals surface area (Å²) in [6.45, 7) is -1.12. The Kier molecular flexibility index (Phi) is 3.86. The lowest BCUT2D eigenvalue weighted by atomic mass is 9.92. The van der Waals surface area contributed by atoms with Crippen LogP contribution >= 0.6 is 0 Å². The molecule has 0 spiro atoms. The van der Waals surface area contributed by atoms with E-state index in [4.69, 9.17) is 5.73 Å². The first-order valence-corrected chi connectivity index (χ1v) is 6.73. The lowest BCUT2D eigenvalue weighted by molar-refractivity contribution is -0.128. The molecular formula is C8H15F3N2O2S. The van der Waals surface area contributed by atoms with Crippen molar-refractivity contribution in [3.63, 3.8) is 0 Å². The van der Waals surface area contributed by atoms with E-state index in [0.717, 1.165) is 0 Å². The molecule has 3 N–H and O–H groups in total. The van der Waals surface area contributed by atoms with E-state index in [9.17, 15) is 21.6 Å². The Labute approximate surface area is 92.3 Å². The monoisotopic (exact) mass is 260 g/mol. The summed E-state index contributed by atoms with van der Waals surface area (Å²) in [5, 5.41) is 2.35. The van der Waals surface area contributed by atoms with E-state index in [2.05, 4.69) is 5.32 Å². The standard InChI is InChI=1S/C8H15F3N2O2S/c9-8(10,11)6-13-7(5-12)1-3-16(14,15)4-2-7/h13H,1-6,12H2. The van der Waals surface area contributed by atoms with Crippen molar-refractivity contribution < 1.29 is 21.6 Å². The van der Waals surface area contributed by atoms with Crippen LogP contribution < -0.4 is 11.1 Å². The number of nitrogens with two attached hydrogens (primary N) is 1. The maximum absolute atomic E-state index is 12.0. The van der Waals surface area contributed by atoms with Gasteiger partial charge in [0.2, 0.25) is 0 Å². The van der Waals surface area contributed by atoms with Gasteiger partial charge in [-0.15, -0.1) is 0 Å². The molecule has 8 heteroatoms. The predicted octanol–water partition coefficient (Wildman–Crippen LogP) is 0.0444. The first kappa shape index (κ1) is 13.7. The van der Waals surface area contributed by atoms with E-state index in [1.165, 1.54) is 0 Å². The number of halogens is 3. The highest BCUT2D eigenvalue weighted by Crippen LogP contribution is 2.24. The van der Waals surface area contributed by atoms with Crippen LogP contribution in [0.5, 0.6) is 0 Å². The molecule has 0 radical (unpaired) electrons. The molecular weight excluding hydrogens is 245 g/mol. The Bertz CT molecular complexity index is 326. The second kappa shape index (κ2) is 4.50. The zero-order valence-corrected chi connectivity index (χ0v) is 9.50. The first-order chi connectivity index (χ1) is 7.18. The number of alkyl halides is 3. The number of hydrogen-bond donors (Lipinski definition) is 2. The molecule has 1 aliphatic rings. The van der Waals surface area contributed by atoms with Gasteiger partial charge in [0.25, 0.3) is 0 Å². The minimum Gasteiger partial charge on any atom is -0.329 e. The maximum atomic E-state index is 12.0. The smallest absolute Gasteiger partial charge is 0.329 e. The molecule has 1 aliphatic heterocycles. The van der Waals surface area contributed by atoms with Crippen LogP contribution in [0.3, 0.4) is 0 Å². The Morgan fingerprint density at radius 1 is 1.25 bits per heavy atom. The fourth-order valence-electron chi connectivity index (χ4n) is 1.67. The summed E-state index contributed by atoms with van der Waals surface area (Å²) in [5.74, 6) is -0.204. The average molecular weight is 260 g/mol. The van der Waals surface area contributed by atoms with Crippen LogP contribution in [-0.2, 0) is 9.84 Å². The van der Waals surface area contributed by atoms with Gasteiger partial charge in [0.05, 0.1) is 18.1 Å². The Morgan fingerprint density at radius 3 is 2.12 bits per heavy atom. The second-order valence-electron chi connectivity index (χ2n) is 4.11. The lowest BCUT2D eigenvalue weighted by Gasteiger charge is -2.37. The van der Waals surface area contributed by atoms with E-state index in [-0.39, 0.29) is 30.9 Å². The summed E-state index contributed by atoms with van der Waals surface area (Å²) in [6, 6.07) is 0. The number of nitrogens with one attached hydrogen (secondary N) is 1. The van der Waals surface area contributed by atoms with E-state index in [1.807, 2.05) is 0 Å². The van der Waals surface area contributed by atoms with Crippen molar-refractivity contribution >= 4 is 9.84 Å². The van der Waals surface area contributed by atoms with Crippen molar-refractivity contribution in [1.29, 1.82) is 0 Å². The Morgan fingerprint density at radius 2 is 1.75 bits per heavy atom. The van der Waals surface area contributed by atoms with Crippen molar-refractivity contribution in [2.24, 2.45) is 5.73 Å². The number of sulfone groups is 1. The fraction of sp³-hybridized carbons (Fsp3) is 1.00. The normalized spacial score (nSPS) is 24.2. The van der Waals surface area contributed by atoms with Crippen LogP contribution in [0.15, 0.2) is 0 Å². The highest BCUT2D eigenvalue weighted by atomic mass is 32.2. The highest BCUT2D eigenvalue weighted by Gasteiger charge is 2.39. The molecule has 1 heterocycles. The van der Waals surface area contributed by atoms with Gasteiger partial charge < -0.3 is 11.1 Å². The van der Waals surface area contributed by atoms with Crippen molar-refractivity contribution in [2.45, 2.75) is 24.6 Å². The summed E-state index contributed by atoms with van der Waals surface area (Å²) < 4.78 is 58.5. The quantitative estimate of drug-likeness (QED) is 0.752. The van der Waals surface area contributed by atoms with Crippen molar-refractivity contribution in [1.82, 2.24) is 5.32 Å². The highest BCUT2D eigenvalue weighted by molar-refractivity contribution is 7.91. The van der Waals surface area contributed by atoms with Gasteiger partial charge in [-0.2, -0.15) is 13.2 Å². The average Bonchev–Trinajstić information content (AvgIpc) is 2.16. The molecule has 0 aliphatic carbocycles. The molecule has 0 aromatic rings. The molecule has 0 atom stereocenters. The molecule has 0 aromatic heterocycles. The minimum atomic E-state index is -4.31. The molecule has 1 rings (SSSR count). The first-order valence-electron chi connectivity index (χ1n) is 4.90. The van der Waals surface area contributed by atoms with Crippen LogP contribution in [-0.4, -0.2) is 44.7 Å². The third kappa shape index (κ3) is 3.91. The van der Waals surface area contributed by atoms with Gasteiger partial charge in [-0.1, -0.05) is 0 Å². The van der Waals surface area contributed by atoms with Crippen molar-refractivity contribution in [3.05, 3.63) is 0 Å². The van der Waals surface area contributed by atoms with Gasteiger partial charge in [-0.25, -0.2) is 8.42 Å². The molecule has 1 saturated heterocycles. The summed E-state index contributed by atoms with van der Waals surface area (Å²) in [5.41, 5.74) is 4.54. The Hall–Kier alpha value is -0.340. The number of hydrogen-bond acceptors (Lipinski definition) is 4. The maximum Gasteiger partial charge on any atom is 0.401 e. The largest absolute Gasteiger partial charge is 0.401 e. The third-order valence-corrected chi connectivity index (χ3v) is 4.49. The van der Waals surface area contributed by atoms with Crippen molar-refractivity contribution in [2.75, 3.05) is 24.6 Å². The summed E-state index contributed by atoms with van der Waals surface area (Å²) in [7, 11) is -3.09. The summed E-state index contributed by atoms with van der Waals surface area (Å²) >= 11 is 0. The molecule has 0 saturated carbocycles. The molecule has 0 amide bonds. The van der Waals surface area contributed by atoms with Gasteiger partial charge in [-0.05, 0) is 12.8 Å². The van der Waals surface area contributed by atoms with Crippen LogP contribution in [0.1, 0.15) is 12.8 Å². The zero-order chi connectivity index (χ0) is 12.4. The minimum absolute atomic E-state index is 0.0125. The Balaban J connectivity index is 2.60. The molecule has 96 valence electrons. The molecule has 0 aromatic carbocycles. The summed E-state index contributed by atoms with van der Waals surface area (Å²) in [6.07, 6.45) is -4.03. The van der Waals surface area contributed by atoms with Gasteiger partial charge in [0, 0.05) is 12.1 Å². The molecule has 16 heavy (non-hydrogen) atoms. The van der Waals surface area contributed by atoms with E-state index in [0.29, 0.717) is 0 Å². The van der Waals surface area contributed by atoms with E-state index >= 15 is 0 Å². The molecule has 1 fully saturated rings. The second-order valence-corrected chi connectivity index (χ2v) is 6.41. The SMILES string of the molecule is NCC1(NCC(F)(F)F)CCS(=O)(=O)CC1. The predicted molar refractivity (Wildman–Crippen MR) is 53.7 cm³/mol. The van der Waals surface area contributed by atoms with Crippen molar-refractivity contribution in [3.8, 4) is 0 Å². The van der Waals surface area contributed by atoms with Crippen LogP contribution in [0, 0.1) is 0 Å². The molecule has 0 unspecified atom stereocenters. The topological polar surface area (TPSA) is 72.2 Å². The van der Waals surface area contributed by atoms with E-state index in [1.54, 1.807) is 0 Å². The van der Waals surface area contributed by atoms with E-state index < -0.39 is 28.1 Å². The van der Waals surface area contributed by atoms with Gasteiger partial charge in [-0.3, -0.25) is 0 Å². The molecule has 4 nitrogen and oxygen atoms in total. The summed E-state index contributed by atoms with van der Waals surface area (Å²) in [4.78, 5) is 0. The van der Waals surface area contributed by atoms with Crippen LogP contribution in [0.4, 0.5) is 13.2 Å². The van der Waals surface area contributed by atoms with Crippen LogP contribution in [0.2, 0.25) is 0 Å². The lowest BCUT2D eigenvalue weighted by Crippen LogP contribution is -2.57. The fourth-order valence-corrected chi connectivity index (χ4v) is 3.28.